The molecule has 1 aromatic heterocycles. The van der Waals surface area contributed by atoms with E-state index in [4.69, 9.17) is 10.5 Å². The Morgan fingerprint density at radius 1 is 1.61 bits per heavy atom. The van der Waals surface area contributed by atoms with Crippen LogP contribution in [0.3, 0.4) is 0 Å². The highest BCUT2D eigenvalue weighted by Crippen LogP contribution is 2.23. The van der Waals surface area contributed by atoms with Crippen molar-refractivity contribution in [2.24, 2.45) is 0 Å². The number of methoxy groups -OCH3 is 1. The summed E-state index contributed by atoms with van der Waals surface area (Å²) in [6.45, 7) is 4.05. The lowest BCUT2D eigenvalue weighted by Crippen LogP contribution is -2.42. The molecule has 1 unspecified atom stereocenters. The van der Waals surface area contributed by atoms with E-state index in [1.807, 2.05) is 11.8 Å². The minimum absolute atomic E-state index is 0.127. The zero-order valence-corrected chi connectivity index (χ0v) is 10.5. The van der Waals surface area contributed by atoms with Crippen molar-refractivity contribution in [3.63, 3.8) is 0 Å². The third-order valence-corrected chi connectivity index (χ3v) is 2.84. The maximum atomic E-state index is 11.5. The van der Waals surface area contributed by atoms with Gasteiger partial charge in [-0.25, -0.2) is 9.78 Å². The number of nitrogens with two attached hydrogens (primary N) is 1. The van der Waals surface area contributed by atoms with Crippen LogP contribution in [0.15, 0.2) is 12.1 Å². The van der Waals surface area contributed by atoms with Crippen molar-refractivity contribution in [3.05, 3.63) is 17.8 Å². The van der Waals surface area contributed by atoms with Crippen LogP contribution in [0.4, 0.5) is 11.5 Å². The lowest BCUT2D eigenvalue weighted by Gasteiger charge is -2.32. The Kier molecular flexibility index (Phi) is 3.66. The molecule has 1 fully saturated rings. The molecule has 6 heteroatoms. The molecule has 1 atom stereocenters. The van der Waals surface area contributed by atoms with E-state index in [0.29, 0.717) is 31.2 Å². The highest BCUT2D eigenvalue weighted by atomic mass is 16.5. The first-order valence-electron chi connectivity index (χ1n) is 5.83. The Hall–Kier alpha value is -1.82. The number of nitrogen functional groups attached to an aromatic ring is 1. The van der Waals surface area contributed by atoms with E-state index in [0.717, 1.165) is 0 Å². The number of aromatic nitrogens is 1. The molecule has 98 valence electrons. The van der Waals surface area contributed by atoms with Crippen LogP contribution in [0.25, 0.3) is 0 Å². The van der Waals surface area contributed by atoms with Crippen molar-refractivity contribution < 1.29 is 14.3 Å². The smallest absolute Gasteiger partial charge is 0.356 e. The van der Waals surface area contributed by atoms with Gasteiger partial charge in [-0.3, -0.25) is 0 Å². The molecule has 1 aliphatic rings. The molecule has 2 rings (SSSR count). The van der Waals surface area contributed by atoms with Crippen LogP contribution in [0.2, 0.25) is 0 Å². The van der Waals surface area contributed by atoms with Crippen LogP contribution >= 0.6 is 0 Å². The molecular weight excluding hydrogens is 234 g/mol. The summed E-state index contributed by atoms with van der Waals surface area (Å²) in [6, 6.07) is 3.24. The molecule has 0 radical (unpaired) electrons. The van der Waals surface area contributed by atoms with Crippen molar-refractivity contribution >= 4 is 17.5 Å². The van der Waals surface area contributed by atoms with Crippen molar-refractivity contribution in [2.45, 2.75) is 13.0 Å². The number of nitrogens with zero attached hydrogens (tertiary/aromatic N) is 2. The number of carbonyl (C=O) groups excluding carboxylic acids is 1. The fourth-order valence-electron chi connectivity index (χ4n) is 1.94. The molecule has 0 amide bonds. The minimum atomic E-state index is -0.461. The van der Waals surface area contributed by atoms with E-state index >= 15 is 0 Å². The number of pyridine rings is 1. The summed E-state index contributed by atoms with van der Waals surface area (Å²) in [5.74, 6) is 0.158. The first-order valence-corrected chi connectivity index (χ1v) is 5.83. The second-order valence-electron chi connectivity index (χ2n) is 4.23. The molecule has 0 aliphatic carbocycles. The lowest BCUT2D eigenvalue weighted by molar-refractivity contribution is 0.0529. The summed E-state index contributed by atoms with van der Waals surface area (Å²) in [4.78, 5) is 17.8. The SMILES string of the molecule is COC(=O)c1ccc(N)c(N2CCOC(C)C2)n1. The van der Waals surface area contributed by atoms with Gasteiger partial charge in [-0.05, 0) is 19.1 Å². The lowest BCUT2D eigenvalue weighted by atomic mass is 10.2. The quantitative estimate of drug-likeness (QED) is 0.779. The molecule has 0 aromatic carbocycles. The van der Waals surface area contributed by atoms with Crippen LogP contribution in [0.1, 0.15) is 17.4 Å². The summed E-state index contributed by atoms with van der Waals surface area (Å²) in [5, 5.41) is 0. The number of ether oxygens (including phenoxy) is 2. The largest absolute Gasteiger partial charge is 0.464 e. The Balaban J connectivity index is 2.28. The molecule has 2 N–H and O–H groups in total. The number of carbonyl (C=O) groups is 1. The molecule has 0 saturated carbocycles. The van der Waals surface area contributed by atoms with Gasteiger partial charge in [0.25, 0.3) is 0 Å². The Morgan fingerprint density at radius 2 is 2.39 bits per heavy atom. The van der Waals surface area contributed by atoms with E-state index < -0.39 is 5.97 Å². The van der Waals surface area contributed by atoms with Crippen molar-refractivity contribution in [1.82, 2.24) is 4.98 Å². The first kappa shape index (κ1) is 12.6. The van der Waals surface area contributed by atoms with E-state index in [1.165, 1.54) is 7.11 Å². The second-order valence-corrected chi connectivity index (χ2v) is 4.23. The Morgan fingerprint density at radius 3 is 3.06 bits per heavy atom. The monoisotopic (exact) mass is 251 g/mol. The fourth-order valence-corrected chi connectivity index (χ4v) is 1.94. The maximum Gasteiger partial charge on any atom is 0.356 e. The van der Waals surface area contributed by atoms with E-state index in [2.05, 4.69) is 9.72 Å². The minimum Gasteiger partial charge on any atom is -0.464 e. The first-order chi connectivity index (χ1) is 8.61. The van der Waals surface area contributed by atoms with Gasteiger partial charge in [-0.15, -0.1) is 0 Å². The zero-order chi connectivity index (χ0) is 13.1. The molecule has 1 saturated heterocycles. The van der Waals surface area contributed by atoms with E-state index in [-0.39, 0.29) is 11.8 Å². The van der Waals surface area contributed by atoms with Crippen LogP contribution in [-0.2, 0) is 9.47 Å². The Bertz CT molecular complexity index is 450. The summed E-state index contributed by atoms with van der Waals surface area (Å²) in [7, 11) is 1.33. The summed E-state index contributed by atoms with van der Waals surface area (Å²) in [6.07, 6.45) is 0.127. The second kappa shape index (κ2) is 5.22. The van der Waals surface area contributed by atoms with Crippen LogP contribution in [0, 0.1) is 0 Å². The Labute approximate surface area is 106 Å². The third-order valence-electron chi connectivity index (χ3n) is 2.84. The van der Waals surface area contributed by atoms with Gasteiger partial charge in [0, 0.05) is 13.1 Å². The van der Waals surface area contributed by atoms with Crippen molar-refractivity contribution in [1.29, 1.82) is 0 Å². The van der Waals surface area contributed by atoms with Gasteiger partial charge in [0.05, 0.1) is 25.5 Å². The van der Waals surface area contributed by atoms with Crippen LogP contribution < -0.4 is 10.6 Å². The normalized spacial score (nSPS) is 19.7. The highest BCUT2D eigenvalue weighted by molar-refractivity contribution is 5.88. The number of esters is 1. The van der Waals surface area contributed by atoms with Gasteiger partial charge >= 0.3 is 5.97 Å². The van der Waals surface area contributed by atoms with Gasteiger partial charge in [0.15, 0.2) is 11.5 Å². The van der Waals surface area contributed by atoms with Crippen molar-refractivity contribution in [3.8, 4) is 0 Å². The molecule has 18 heavy (non-hydrogen) atoms. The summed E-state index contributed by atoms with van der Waals surface area (Å²) < 4.78 is 10.1. The average Bonchev–Trinajstić information content (AvgIpc) is 2.38. The van der Waals surface area contributed by atoms with Crippen LogP contribution in [-0.4, -0.2) is 43.9 Å². The number of rotatable bonds is 2. The zero-order valence-electron chi connectivity index (χ0n) is 10.5. The number of morpholine rings is 1. The number of hydrogen-bond acceptors (Lipinski definition) is 6. The molecule has 6 nitrogen and oxygen atoms in total. The van der Waals surface area contributed by atoms with Crippen molar-refractivity contribution in [2.75, 3.05) is 37.4 Å². The van der Waals surface area contributed by atoms with Crippen LogP contribution in [0.5, 0.6) is 0 Å². The van der Waals surface area contributed by atoms with E-state index in [1.54, 1.807) is 12.1 Å². The molecule has 1 aromatic rings. The van der Waals surface area contributed by atoms with E-state index in [9.17, 15) is 4.79 Å². The van der Waals surface area contributed by atoms with Gasteiger partial charge in [-0.1, -0.05) is 0 Å². The number of anilines is 2. The maximum absolute atomic E-state index is 11.5. The molecule has 2 heterocycles. The topological polar surface area (TPSA) is 77.7 Å². The van der Waals surface area contributed by atoms with Gasteiger partial charge < -0.3 is 20.1 Å². The predicted molar refractivity (Wildman–Crippen MR) is 67.6 cm³/mol. The summed E-state index contributed by atoms with van der Waals surface area (Å²) >= 11 is 0. The standard InChI is InChI=1S/C12H17N3O3/c1-8-7-15(5-6-18-8)11-9(13)3-4-10(14-11)12(16)17-2/h3-4,8H,5-7,13H2,1-2H3. The van der Waals surface area contributed by atoms with Gasteiger partial charge in [0.1, 0.15) is 0 Å². The molecule has 1 aliphatic heterocycles. The third kappa shape index (κ3) is 2.53. The molecule has 0 spiro atoms. The predicted octanol–water partition coefficient (Wildman–Crippen LogP) is 0.675. The average molecular weight is 251 g/mol. The van der Waals surface area contributed by atoms with Gasteiger partial charge in [-0.2, -0.15) is 0 Å². The number of hydrogen-bond donors (Lipinski definition) is 1. The molecule has 0 bridgehead atoms. The fraction of sp³-hybridized carbons (Fsp3) is 0.500. The highest BCUT2D eigenvalue weighted by Gasteiger charge is 2.21. The van der Waals surface area contributed by atoms with Gasteiger partial charge in [0.2, 0.25) is 0 Å². The summed E-state index contributed by atoms with van der Waals surface area (Å²) in [5.41, 5.74) is 6.73. The molecular formula is C12H17N3O3.